The van der Waals surface area contributed by atoms with Gasteiger partial charge in [0.05, 0.1) is 38.6 Å². The van der Waals surface area contributed by atoms with Gasteiger partial charge in [0.25, 0.3) is 0 Å². The zero-order valence-electron chi connectivity index (χ0n) is 21.5. The summed E-state index contributed by atoms with van der Waals surface area (Å²) in [5.41, 5.74) is 1.09. The second-order valence-corrected chi connectivity index (χ2v) is 7.92. The Hall–Kier alpha value is -3.70. The third-order valence-corrected chi connectivity index (χ3v) is 5.32. The first-order valence-corrected chi connectivity index (χ1v) is 11.4. The molecule has 0 fully saturated rings. The predicted molar refractivity (Wildman–Crippen MR) is 125 cm³/mol. The van der Waals surface area contributed by atoms with Gasteiger partial charge in [-0.25, -0.2) is 19.2 Å². The minimum absolute atomic E-state index is 0.0506. The maximum absolute atomic E-state index is 12.7. The lowest BCUT2D eigenvalue weighted by Gasteiger charge is -2.28. The Morgan fingerprint density at radius 1 is 0.694 bits per heavy atom. The fourth-order valence-electron chi connectivity index (χ4n) is 3.80. The number of nitrogens with one attached hydrogen (secondary N) is 2. The molecule has 0 saturated heterocycles. The van der Waals surface area contributed by atoms with E-state index in [1.54, 1.807) is 13.8 Å². The van der Waals surface area contributed by atoms with Crippen molar-refractivity contribution in [2.45, 2.75) is 65.5 Å². The molecule has 2 atom stereocenters. The van der Waals surface area contributed by atoms with Gasteiger partial charge in [-0.1, -0.05) is 11.1 Å². The van der Waals surface area contributed by atoms with Gasteiger partial charge in [0.1, 0.15) is 12.1 Å². The van der Waals surface area contributed by atoms with E-state index in [2.05, 4.69) is 10.6 Å². The standard InChI is InChI=1S/C24H34N2O10/c1-7-35-21(29)17-9-15(11-19(23(31)33-5)25-13(3)27)16(10-18(17)22(30)36-8-2)12-20(24(32)34-6)26-14(4)28/h19-20H,7-12H2,1-6H3,(H,25,27)(H,26,28)/t19-,20-/m1/s1. The van der Waals surface area contributed by atoms with Crippen LogP contribution in [0.5, 0.6) is 0 Å². The molecule has 12 heteroatoms. The highest BCUT2D eigenvalue weighted by Gasteiger charge is 2.34. The monoisotopic (exact) mass is 510 g/mol. The fraction of sp³-hybridized carbons (Fsp3) is 0.583. The summed E-state index contributed by atoms with van der Waals surface area (Å²) in [5.74, 6) is -3.86. The molecule has 0 heterocycles. The van der Waals surface area contributed by atoms with Gasteiger partial charge in [0.15, 0.2) is 0 Å². The van der Waals surface area contributed by atoms with Crippen LogP contribution in [0.15, 0.2) is 22.3 Å². The van der Waals surface area contributed by atoms with Gasteiger partial charge >= 0.3 is 23.9 Å². The summed E-state index contributed by atoms with van der Waals surface area (Å²) in [5, 5.41) is 5.02. The normalized spacial score (nSPS) is 14.8. The molecule has 0 bridgehead atoms. The lowest BCUT2D eigenvalue weighted by atomic mass is 9.80. The Balaban J connectivity index is 3.61. The Morgan fingerprint density at radius 3 is 1.28 bits per heavy atom. The summed E-state index contributed by atoms with van der Waals surface area (Å²) in [4.78, 5) is 73.6. The first kappa shape index (κ1) is 30.3. The first-order valence-electron chi connectivity index (χ1n) is 11.4. The number of hydrogen-bond acceptors (Lipinski definition) is 10. The van der Waals surface area contributed by atoms with Crippen molar-refractivity contribution < 1.29 is 47.7 Å². The smallest absolute Gasteiger partial charge is 0.334 e. The highest BCUT2D eigenvalue weighted by molar-refractivity contribution is 6.01. The molecule has 0 aromatic carbocycles. The fourth-order valence-corrected chi connectivity index (χ4v) is 3.80. The predicted octanol–water partition coefficient (Wildman–Crippen LogP) is 0.635. The summed E-state index contributed by atoms with van der Waals surface area (Å²) in [6.45, 7) is 5.83. The molecule has 2 amide bonds. The maximum atomic E-state index is 12.7. The highest BCUT2D eigenvalue weighted by Crippen LogP contribution is 2.36. The van der Waals surface area contributed by atoms with Crippen molar-refractivity contribution in [3.63, 3.8) is 0 Å². The van der Waals surface area contributed by atoms with Crippen molar-refractivity contribution in [2.24, 2.45) is 0 Å². The van der Waals surface area contributed by atoms with Crippen LogP contribution in [0.25, 0.3) is 0 Å². The SMILES string of the molecule is CCOC(=O)C1=C(C(=O)OCC)CC(C[C@@H](NC(C)=O)C(=O)OC)=C(C[C@@H](NC(C)=O)C(=O)OC)C1. The topological polar surface area (TPSA) is 163 Å². The van der Waals surface area contributed by atoms with Crippen LogP contribution in [0.2, 0.25) is 0 Å². The first-order chi connectivity index (χ1) is 17.0. The van der Waals surface area contributed by atoms with E-state index >= 15 is 0 Å². The van der Waals surface area contributed by atoms with Gasteiger partial charge in [-0.15, -0.1) is 0 Å². The summed E-state index contributed by atoms with van der Waals surface area (Å²) in [6.07, 6.45) is -0.365. The molecule has 0 spiro atoms. The minimum atomic E-state index is -1.09. The average molecular weight is 511 g/mol. The molecule has 200 valence electrons. The van der Waals surface area contributed by atoms with Crippen LogP contribution in [0.4, 0.5) is 0 Å². The van der Waals surface area contributed by atoms with E-state index in [0.29, 0.717) is 11.1 Å². The maximum Gasteiger partial charge on any atom is 0.334 e. The van der Waals surface area contributed by atoms with Crippen LogP contribution in [0, 0.1) is 0 Å². The van der Waals surface area contributed by atoms with E-state index < -0.39 is 47.8 Å². The van der Waals surface area contributed by atoms with Gasteiger partial charge in [0.2, 0.25) is 11.8 Å². The van der Waals surface area contributed by atoms with Gasteiger partial charge in [-0.05, 0) is 26.7 Å². The summed E-state index contributed by atoms with van der Waals surface area (Å²) in [6, 6.07) is -2.19. The Bertz CT molecular complexity index is 877. The number of amides is 2. The van der Waals surface area contributed by atoms with Crippen molar-refractivity contribution >= 4 is 35.7 Å². The number of methoxy groups -OCH3 is 2. The largest absolute Gasteiger partial charge is 0.467 e. The van der Waals surface area contributed by atoms with Crippen LogP contribution in [-0.4, -0.2) is 75.2 Å². The van der Waals surface area contributed by atoms with E-state index in [1.165, 1.54) is 28.1 Å². The van der Waals surface area contributed by atoms with Gasteiger partial charge in [-0.2, -0.15) is 0 Å². The molecular weight excluding hydrogens is 476 g/mol. The third kappa shape index (κ3) is 8.82. The van der Waals surface area contributed by atoms with Crippen molar-refractivity contribution in [3.05, 3.63) is 22.3 Å². The van der Waals surface area contributed by atoms with E-state index in [4.69, 9.17) is 18.9 Å². The van der Waals surface area contributed by atoms with Crippen LogP contribution in [0.3, 0.4) is 0 Å². The molecule has 1 aliphatic carbocycles. The zero-order valence-corrected chi connectivity index (χ0v) is 21.5. The Labute approximate surface area is 209 Å². The van der Waals surface area contributed by atoms with Crippen molar-refractivity contribution in [1.29, 1.82) is 0 Å². The minimum Gasteiger partial charge on any atom is -0.467 e. The van der Waals surface area contributed by atoms with E-state index in [-0.39, 0.29) is 50.0 Å². The third-order valence-electron chi connectivity index (χ3n) is 5.32. The van der Waals surface area contributed by atoms with Crippen molar-refractivity contribution in [1.82, 2.24) is 10.6 Å². The summed E-state index contributed by atoms with van der Waals surface area (Å²) < 4.78 is 19.9. The van der Waals surface area contributed by atoms with Crippen LogP contribution >= 0.6 is 0 Å². The van der Waals surface area contributed by atoms with E-state index in [9.17, 15) is 28.8 Å². The number of carbonyl (C=O) groups excluding carboxylic acids is 6. The lowest BCUT2D eigenvalue weighted by molar-refractivity contribution is -0.145. The lowest BCUT2D eigenvalue weighted by Crippen LogP contribution is -2.42. The van der Waals surface area contributed by atoms with Gasteiger partial charge in [-0.3, -0.25) is 9.59 Å². The van der Waals surface area contributed by atoms with Crippen molar-refractivity contribution in [2.75, 3.05) is 27.4 Å². The second kappa shape index (κ2) is 14.6. The summed E-state index contributed by atoms with van der Waals surface area (Å²) in [7, 11) is 2.33. The molecular formula is C24H34N2O10. The number of carbonyl (C=O) groups is 6. The number of rotatable bonds is 12. The average Bonchev–Trinajstić information content (AvgIpc) is 2.82. The number of hydrogen-bond donors (Lipinski definition) is 2. The molecule has 1 aliphatic rings. The van der Waals surface area contributed by atoms with Gasteiger partial charge in [0, 0.05) is 26.7 Å². The molecule has 2 N–H and O–H groups in total. The second-order valence-electron chi connectivity index (χ2n) is 7.92. The summed E-state index contributed by atoms with van der Waals surface area (Å²) >= 11 is 0. The van der Waals surface area contributed by atoms with E-state index in [1.807, 2.05) is 0 Å². The number of ether oxygens (including phenoxy) is 4. The Kier molecular flexibility index (Phi) is 12.3. The van der Waals surface area contributed by atoms with Gasteiger partial charge < -0.3 is 29.6 Å². The molecule has 1 rings (SSSR count). The zero-order chi connectivity index (χ0) is 27.4. The number of esters is 4. The van der Waals surface area contributed by atoms with Crippen molar-refractivity contribution in [3.8, 4) is 0 Å². The Morgan fingerprint density at radius 2 is 1.03 bits per heavy atom. The van der Waals surface area contributed by atoms with E-state index in [0.717, 1.165) is 0 Å². The quantitative estimate of drug-likeness (QED) is 0.216. The highest BCUT2D eigenvalue weighted by atomic mass is 16.5. The molecule has 0 aliphatic heterocycles. The molecule has 0 unspecified atom stereocenters. The van der Waals surface area contributed by atoms with Crippen LogP contribution < -0.4 is 10.6 Å². The molecule has 0 aromatic heterocycles. The van der Waals surface area contributed by atoms with Crippen LogP contribution in [0.1, 0.15) is 53.4 Å². The molecule has 0 radical (unpaired) electrons. The van der Waals surface area contributed by atoms with Crippen LogP contribution in [-0.2, 0) is 47.7 Å². The molecule has 36 heavy (non-hydrogen) atoms. The molecule has 12 nitrogen and oxygen atoms in total. The molecule has 0 aromatic rings. The molecule has 0 saturated carbocycles.